The maximum Gasteiger partial charge on any atom is 0.317 e. The number of likely N-dealkylation sites (N-methyl/N-ethyl adjacent to an activating group) is 1. The average molecular weight is 425 g/mol. The van der Waals surface area contributed by atoms with E-state index < -0.39 is 5.97 Å². The van der Waals surface area contributed by atoms with E-state index in [1.54, 1.807) is 18.2 Å². The Morgan fingerprint density at radius 2 is 2.04 bits per heavy atom. The van der Waals surface area contributed by atoms with Gasteiger partial charge in [-0.2, -0.15) is 0 Å². The molecule has 1 amide bonds. The molecule has 1 heterocycles. The fourth-order valence-corrected chi connectivity index (χ4v) is 3.40. The number of carboxylic acid groups (broad SMARTS) is 1. The number of likely N-dealkylation sites (tertiary alicyclic amines) is 1. The summed E-state index contributed by atoms with van der Waals surface area (Å²) in [5.41, 5.74) is 0.507. The Morgan fingerprint density at radius 3 is 2.73 bits per heavy atom. The van der Waals surface area contributed by atoms with Gasteiger partial charge in [0.2, 0.25) is 5.91 Å². The molecule has 0 saturated carbocycles. The second-order valence-electron chi connectivity index (χ2n) is 6.34. The number of carbonyl (C=O) groups is 2. The van der Waals surface area contributed by atoms with Crippen LogP contribution in [0.2, 0.25) is 10.0 Å². The highest BCUT2D eigenvalue weighted by Gasteiger charge is 2.22. The topological polar surface area (TPSA) is 72.9 Å². The Bertz CT molecular complexity index is 631. The van der Waals surface area contributed by atoms with Crippen LogP contribution in [-0.4, -0.2) is 66.1 Å². The van der Waals surface area contributed by atoms with Crippen molar-refractivity contribution in [2.24, 2.45) is 0 Å². The molecule has 1 unspecified atom stereocenters. The van der Waals surface area contributed by atoms with Crippen molar-refractivity contribution in [1.29, 1.82) is 0 Å². The van der Waals surface area contributed by atoms with Crippen molar-refractivity contribution in [2.45, 2.75) is 25.3 Å². The summed E-state index contributed by atoms with van der Waals surface area (Å²) >= 11 is 12.0. The highest BCUT2D eigenvalue weighted by Crippen LogP contribution is 2.25. The van der Waals surface area contributed by atoms with Crippen LogP contribution in [0.15, 0.2) is 18.2 Å². The van der Waals surface area contributed by atoms with Crippen LogP contribution in [0.3, 0.4) is 0 Å². The van der Waals surface area contributed by atoms with Gasteiger partial charge in [-0.1, -0.05) is 23.2 Å². The molecule has 146 valence electrons. The first-order valence-corrected chi connectivity index (χ1v) is 9.00. The largest absolute Gasteiger partial charge is 0.480 e. The van der Waals surface area contributed by atoms with E-state index in [4.69, 9.17) is 28.3 Å². The number of halogens is 3. The monoisotopic (exact) mass is 423 g/mol. The minimum absolute atomic E-state index is 0. The predicted octanol–water partition coefficient (Wildman–Crippen LogP) is 3.22. The summed E-state index contributed by atoms with van der Waals surface area (Å²) in [4.78, 5) is 27.1. The van der Waals surface area contributed by atoms with E-state index in [1.165, 1.54) is 0 Å². The van der Waals surface area contributed by atoms with Gasteiger partial charge in [0.25, 0.3) is 0 Å². The van der Waals surface area contributed by atoms with E-state index in [9.17, 15) is 9.59 Å². The maximum atomic E-state index is 12.3. The smallest absolute Gasteiger partial charge is 0.317 e. The number of carbonyl (C=O) groups excluding carboxylic acids is 1. The Balaban J connectivity index is 0.00000338. The van der Waals surface area contributed by atoms with Gasteiger partial charge in [-0.15, -0.1) is 12.4 Å². The Labute approximate surface area is 169 Å². The van der Waals surface area contributed by atoms with Gasteiger partial charge in [0.1, 0.15) is 0 Å². The first-order valence-electron chi connectivity index (χ1n) is 8.24. The van der Waals surface area contributed by atoms with Crippen LogP contribution >= 0.6 is 35.6 Å². The summed E-state index contributed by atoms with van der Waals surface area (Å²) in [5.74, 6) is -0.956. The molecule has 1 aromatic carbocycles. The van der Waals surface area contributed by atoms with Crippen LogP contribution in [0.1, 0.15) is 19.3 Å². The summed E-state index contributed by atoms with van der Waals surface area (Å²) in [6, 6.07) is 5.17. The third kappa shape index (κ3) is 7.29. The van der Waals surface area contributed by atoms with Gasteiger partial charge in [0, 0.05) is 17.6 Å². The number of rotatable bonds is 6. The van der Waals surface area contributed by atoms with E-state index >= 15 is 0 Å². The minimum Gasteiger partial charge on any atom is -0.480 e. The van der Waals surface area contributed by atoms with Gasteiger partial charge in [0.15, 0.2) is 0 Å². The first kappa shape index (κ1) is 23.0. The van der Waals surface area contributed by atoms with Crippen molar-refractivity contribution in [3.05, 3.63) is 28.2 Å². The first-order chi connectivity index (χ1) is 11.8. The van der Waals surface area contributed by atoms with E-state index in [-0.39, 0.29) is 37.4 Å². The van der Waals surface area contributed by atoms with Crippen LogP contribution in [0, 0.1) is 0 Å². The van der Waals surface area contributed by atoms with Gasteiger partial charge in [-0.25, -0.2) is 0 Å². The molecule has 0 spiro atoms. The molecule has 1 aliphatic rings. The Kier molecular flexibility index (Phi) is 9.68. The molecule has 1 aromatic rings. The lowest BCUT2D eigenvalue weighted by Crippen LogP contribution is -2.37. The molecule has 0 bridgehead atoms. The van der Waals surface area contributed by atoms with Crippen LogP contribution in [-0.2, 0) is 9.59 Å². The molecule has 1 saturated heterocycles. The zero-order valence-corrected chi connectivity index (χ0v) is 16.9. The number of carboxylic acids is 1. The molecular formula is C17H24Cl3N3O3. The average Bonchev–Trinajstić information content (AvgIpc) is 2.76. The van der Waals surface area contributed by atoms with Crippen molar-refractivity contribution in [3.63, 3.8) is 0 Å². The Morgan fingerprint density at radius 1 is 1.31 bits per heavy atom. The molecule has 6 nitrogen and oxygen atoms in total. The summed E-state index contributed by atoms with van der Waals surface area (Å²) in [7, 11) is 1.84. The van der Waals surface area contributed by atoms with Crippen molar-refractivity contribution in [2.75, 3.05) is 38.5 Å². The molecule has 1 fully saturated rings. The number of nitrogens with one attached hydrogen (secondary N) is 1. The summed E-state index contributed by atoms with van der Waals surface area (Å²) in [6.45, 7) is 1.88. The number of amides is 1. The van der Waals surface area contributed by atoms with Crippen molar-refractivity contribution < 1.29 is 14.7 Å². The number of nitrogens with zero attached hydrogens (tertiary/aromatic N) is 2. The molecule has 0 aromatic heterocycles. The normalized spacial score (nSPS) is 18.1. The highest BCUT2D eigenvalue weighted by atomic mass is 35.5. The second-order valence-corrected chi connectivity index (χ2v) is 7.19. The van der Waals surface area contributed by atoms with E-state index in [0.29, 0.717) is 15.7 Å². The van der Waals surface area contributed by atoms with E-state index in [0.717, 1.165) is 32.4 Å². The fraction of sp³-hybridized carbons (Fsp3) is 0.529. The lowest BCUT2D eigenvalue weighted by atomic mass is 10.1. The minimum atomic E-state index is -0.818. The molecular weight excluding hydrogens is 401 g/mol. The predicted molar refractivity (Wildman–Crippen MR) is 107 cm³/mol. The summed E-state index contributed by atoms with van der Waals surface area (Å²) in [6.07, 6.45) is 2.71. The molecule has 1 atom stereocenters. The summed E-state index contributed by atoms with van der Waals surface area (Å²) < 4.78 is 0. The molecule has 0 aliphatic carbocycles. The Hall–Kier alpha value is -1.05. The van der Waals surface area contributed by atoms with Crippen molar-refractivity contribution in [1.82, 2.24) is 9.80 Å². The number of benzene rings is 1. The molecule has 9 heteroatoms. The molecule has 2 rings (SSSR count). The highest BCUT2D eigenvalue weighted by molar-refractivity contribution is 6.35. The lowest BCUT2D eigenvalue weighted by Gasteiger charge is -2.25. The van der Waals surface area contributed by atoms with Gasteiger partial charge < -0.3 is 10.4 Å². The number of hydrogen-bond donors (Lipinski definition) is 2. The molecule has 0 radical (unpaired) electrons. The van der Waals surface area contributed by atoms with Gasteiger partial charge in [-0.05, 0) is 51.1 Å². The maximum absolute atomic E-state index is 12.3. The van der Waals surface area contributed by atoms with Gasteiger partial charge in [-0.3, -0.25) is 19.4 Å². The van der Waals surface area contributed by atoms with Crippen molar-refractivity contribution >= 4 is 53.2 Å². The molecule has 1 aliphatic heterocycles. The SMILES string of the molecule is CN(CC(=O)O)C1CCCN(CC(=O)Nc2cc(Cl)ccc2Cl)CC1.Cl. The van der Waals surface area contributed by atoms with Crippen LogP contribution in [0.4, 0.5) is 5.69 Å². The lowest BCUT2D eigenvalue weighted by molar-refractivity contribution is -0.138. The third-order valence-electron chi connectivity index (χ3n) is 4.37. The van der Waals surface area contributed by atoms with Gasteiger partial charge in [0.05, 0.1) is 23.8 Å². The molecule has 2 N–H and O–H groups in total. The quantitative estimate of drug-likeness (QED) is 0.733. The second kappa shape index (κ2) is 10.9. The van der Waals surface area contributed by atoms with Gasteiger partial charge >= 0.3 is 5.97 Å². The van der Waals surface area contributed by atoms with Crippen LogP contribution in [0.5, 0.6) is 0 Å². The number of hydrogen-bond acceptors (Lipinski definition) is 4. The summed E-state index contributed by atoms with van der Waals surface area (Å²) in [5, 5.41) is 12.7. The number of anilines is 1. The van der Waals surface area contributed by atoms with Crippen LogP contribution < -0.4 is 5.32 Å². The third-order valence-corrected chi connectivity index (χ3v) is 4.93. The fourth-order valence-electron chi connectivity index (χ4n) is 3.07. The standard InChI is InChI=1S/C17H23Cl2N3O3.ClH/c1-21(11-17(24)25)13-3-2-7-22(8-6-13)10-16(23)20-15-9-12(18)4-5-14(15)19;/h4-5,9,13H,2-3,6-8,10-11H2,1H3,(H,20,23)(H,24,25);1H. The van der Waals surface area contributed by atoms with Crippen molar-refractivity contribution in [3.8, 4) is 0 Å². The van der Waals surface area contributed by atoms with Crippen LogP contribution in [0.25, 0.3) is 0 Å². The zero-order chi connectivity index (χ0) is 18.4. The zero-order valence-electron chi connectivity index (χ0n) is 14.6. The molecule has 26 heavy (non-hydrogen) atoms. The number of aliphatic carboxylic acids is 1. The van der Waals surface area contributed by atoms with E-state index in [1.807, 2.05) is 11.9 Å². The van der Waals surface area contributed by atoms with E-state index in [2.05, 4.69) is 10.2 Å².